The van der Waals surface area contributed by atoms with Crippen LogP contribution in [0.5, 0.6) is 0 Å². The first-order valence-corrected chi connectivity index (χ1v) is 9.87. The Bertz CT molecular complexity index is 677. The molecule has 0 spiro atoms. The lowest BCUT2D eigenvalue weighted by molar-refractivity contribution is 0.648. The minimum atomic E-state index is 0. The summed E-state index contributed by atoms with van der Waals surface area (Å²) in [4.78, 5) is 8.16. The maximum Gasteiger partial charge on any atom is 0.191 e. The molecule has 0 amide bonds. The average molecular weight is 535 g/mol. The molecule has 0 radical (unpaired) electrons. The lowest BCUT2D eigenvalue weighted by Crippen LogP contribution is -2.45. The molecule has 3 rings (SSSR count). The number of anilines is 1. The van der Waals surface area contributed by atoms with Crippen LogP contribution in [-0.2, 0) is 6.42 Å². The monoisotopic (exact) mass is 534 g/mol. The lowest BCUT2D eigenvalue weighted by atomic mass is 10.2. The van der Waals surface area contributed by atoms with Crippen LogP contribution in [0, 0.1) is 0 Å². The van der Waals surface area contributed by atoms with Gasteiger partial charge in [-0.2, -0.15) is 0 Å². The number of aliphatic imine (C=N–C) groups is 1. The molecule has 1 saturated heterocycles. The van der Waals surface area contributed by atoms with E-state index in [1.165, 1.54) is 14.4 Å². The Balaban J connectivity index is 0.00000225. The first-order valence-electron chi connectivity index (χ1n) is 8.26. The molecule has 1 aromatic heterocycles. The summed E-state index contributed by atoms with van der Waals surface area (Å²) in [6.45, 7) is 2.99. The second-order valence-electron chi connectivity index (χ2n) is 5.87. The van der Waals surface area contributed by atoms with Crippen LogP contribution in [0.25, 0.3) is 0 Å². The van der Waals surface area contributed by atoms with Gasteiger partial charge in [0, 0.05) is 43.3 Å². The van der Waals surface area contributed by atoms with Crippen molar-refractivity contribution < 1.29 is 0 Å². The molecule has 1 atom stereocenters. The highest BCUT2D eigenvalue weighted by Gasteiger charge is 2.23. The number of rotatable bonds is 5. The van der Waals surface area contributed by atoms with Gasteiger partial charge < -0.3 is 15.5 Å². The Morgan fingerprint density at radius 1 is 1.28 bits per heavy atom. The molecule has 1 unspecified atom stereocenters. The molecule has 0 aliphatic carbocycles. The van der Waals surface area contributed by atoms with Crippen LogP contribution in [0.3, 0.4) is 0 Å². The van der Waals surface area contributed by atoms with Crippen LogP contribution < -0.4 is 15.5 Å². The zero-order valence-electron chi connectivity index (χ0n) is 14.2. The van der Waals surface area contributed by atoms with Crippen LogP contribution in [-0.4, -0.2) is 38.7 Å². The zero-order chi connectivity index (χ0) is 16.8. The van der Waals surface area contributed by atoms with E-state index in [0.717, 1.165) is 38.4 Å². The predicted octanol–water partition coefficient (Wildman–Crippen LogP) is 4.12. The summed E-state index contributed by atoms with van der Waals surface area (Å²) >= 11 is 5.29. The summed E-state index contributed by atoms with van der Waals surface area (Å²) in [7, 11) is 1.83. The van der Waals surface area contributed by atoms with E-state index in [2.05, 4.69) is 78.9 Å². The number of hydrogen-bond donors (Lipinski definition) is 2. The van der Waals surface area contributed by atoms with Gasteiger partial charge in [0.05, 0.1) is 3.79 Å². The number of para-hydroxylation sites is 1. The molecule has 2 aromatic rings. The molecule has 7 heteroatoms. The number of hydrogen-bond acceptors (Lipinski definition) is 3. The van der Waals surface area contributed by atoms with Crippen molar-refractivity contribution in [2.24, 2.45) is 4.99 Å². The smallest absolute Gasteiger partial charge is 0.191 e. The largest absolute Gasteiger partial charge is 0.369 e. The van der Waals surface area contributed by atoms with E-state index in [-0.39, 0.29) is 24.0 Å². The van der Waals surface area contributed by atoms with Gasteiger partial charge in [0.1, 0.15) is 0 Å². The summed E-state index contributed by atoms with van der Waals surface area (Å²) < 4.78 is 1.19. The van der Waals surface area contributed by atoms with Crippen LogP contribution in [0.4, 0.5) is 5.69 Å². The molecular formula is C18H24BrIN4S. The minimum Gasteiger partial charge on any atom is -0.369 e. The predicted molar refractivity (Wildman–Crippen MR) is 123 cm³/mol. The Morgan fingerprint density at radius 2 is 2.08 bits per heavy atom. The molecule has 25 heavy (non-hydrogen) atoms. The summed E-state index contributed by atoms with van der Waals surface area (Å²) in [6, 6.07) is 15.3. The van der Waals surface area contributed by atoms with Crippen molar-refractivity contribution in [1.82, 2.24) is 10.6 Å². The van der Waals surface area contributed by atoms with Gasteiger partial charge in [-0.1, -0.05) is 18.2 Å². The van der Waals surface area contributed by atoms with Crippen molar-refractivity contribution in [3.8, 4) is 0 Å². The van der Waals surface area contributed by atoms with Crippen LogP contribution in [0.2, 0.25) is 0 Å². The molecule has 2 heterocycles. The fourth-order valence-corrected chi connectivity index (χ4v) is 4.41. The molecule has 2 N–H and O–H groups in total. The van der Waals surface area contributed by atoms with Crippen molar-refractivity contribution in [2.75, 3.05) is 31.6 Å². The van der Waals surface area contributed by atoms with E-state index in [0.29, 0.717) is 6.04 Å². The van der Waals surface area contributed by atoms with Gasteiger partial charge in [-0.3, -0.25) is 4.99 Å². The third kappa shape index (κ3) is 6.14. The SMILES string of the molecule is CN=C(NCCc1ccc(Br)s1)NC1CCN(c2ccccc2)C1.I. The van der Waals surface area contributed by atoms with E-state index >= 15 is 0 Å². The van der Waals surface area contributed by atoms with Crippen LogP contribution in [0.1, 0.15) is 11.3 Å². The first kappa shape index (κ1) is 20.5. The molecule has 1 aromatic carbocycles. The molecule has 4 nitrogen and oxygen atoms in total. The van der Waals surface area contributed by atoms with Gasteiger partial charge in [-0.05, 0) is 53.0 Å². The molecule has 1 aliphatic rings. The van der Waals surface area contributed by atoms with E-state index in [9.17, 15) is 0 Å². The quantitative estimate of drug-likeness (QED) is 0.344. The van der Waals surface area contributed by atoms with E-state index in [1.54, 1.807) is 11.3 Å². The topological polar surface area (TPSA) is 39.7 Å². The minimum absolute atomic E-state index is 0. The highest BCUT2D eigenvalue weighted by Crippen LogP contribution is 2.22. The van der Waals surface area contributed by atoms with E-state index in [4.69, 9.17) is 0 Å². The molecular weight excluding hydrogens is 511 g/mol. The number of halogens is 2. The van der Waals surface area contributed by atoms with Crippen molar-refractivity contribution in [2.45, 2.75) is 18.9 Å². The normalized spacial score (nSPS) is 17.3. The number of thiophene rings is 1. The Hall–Kier alpha value is -0.800. The Labute approximate surface area is 179 Å². The third-order valence-electron chi connectivity index (χ3n) is 4.17. The van der Waals surface area contributed by atoms with E-state index < -0.39 is 0 Å². The van der Waals surface area contributed by atoms with Crippen molar-refractivity contribution in [1.29, 1.82) is 0 Å². The van der Waals surface area contributed by atoms with Gasteiger partial charge in [-0.25, -0.2) is 0 Å². The highest BCUT2D eigenvalue weighted by molar-refractivity contribution is 14.0. The maximum absolute atomic E-state index is 4.36. The molecule has 1 fully saturated rings. The number of guanidine groups is 1. The molecule has 136 valence electrons. The summed E-state index contributed by atoms with van der Waals surface area (Å²) in [5.41, 5.74) is 1.30. The van der Waals surface area contributed by atoms with Crippen molar-refractivity contribution in [3.63, 3.8) is 0 Å². The van der Waals surface area contributed by atoms with Gasteiger partial charge in [0.25, 0.3) is 0 Å². The van der Waals surface area contributed by atoms with Crippen molar-refractivity contribution in [3.05, 3.63) is 51.1 Å². The summed E-state index contributed by atoms with van der Waals surface area (Å²) in [6.07, 6.45) is 2.14. The standard InChI is InChI=1S/C18H23BrN4S.HI/c1-20-18(21-11-9-16-7-8-17(19)24-16)22-14-10-12-23(13-14)15-5-3-2-4-6-15;/h2-8,14H,9-13H2,1H3,(H2,20,21,22);1H. The number of nitrogens with one attached hydrogen (secondary N) is 2. The molecule has 1 aliphatic heterocycles. The molecule has 0 bridgehead atoms. The second kappa shape index (κ2) is 10.4. The second-order valence-corrected chi connectivity index (χ2v) is 8.41. The van der Waals surface area contributed by atoms with Crippen LogP contribution in [0.15, 0.2) is 51.2 Å². The van der Waals surface area contributed by atoms with Crippen molar-refractivity contribution >= 4 is 62.9 Å². The van der Waals surface area contributed by atoms with Gasteiger partial charge >= 0.3 is 0 Å². The van der Waals surface area contributed by atoms with Gasteiger partial charge in [0.15, 0.2) is 5.96 Å². The summed E-state index contributed by atoms with van der Waals surface area (Å²) in [5.74, 6) is 0.894. The molecule has 0 saturated carbocycles. The number of nitrogens with zero attached hydrogens (tertiary/aromatic N) is 2. The Kier molecular flexibility index (Phi) is 8.51. The third-order valence-corrected chi connectivity index (χ3v) is 5.85. The fourth-order valence-electron chi connectivity index (χ4n) is 2.93. The van der Waals surface area contributed by atoms with Crippen LogP contribution >= 0.6 is 51.2 Å². The van der Waals surface area contributed by atoms with Gasteiger partial charge in [0.2, 0.25) is 0 Å². The van der Waals surface area contributed by atoms with E-state index in [1.807, 2.05) is 7.05 Å². The highest BCUT2D eigenvalue weighted by atomic mass is 127. The van der Waals surface area contributed by atoms with Gasteiger partial charge in [-0.15, -0.1) is 35.3 Å². The number of benzene rings is 1. The lowest BCUT2D eigenvalue weighted by Gasteiger charge is -2.20. The Morgan fingerprint density at radius 3 is 2.76 bits per heavy atom. The first-order chi connectivity index (χ1) is 11.7. The summed E-state index contributed by atoms with van der Waals surface area (Å²) in [5, 5.41) is 6.97. The zero-order valence-corrected chi connectivity index (χ0v) is 19.0. The maximum atomic E-state index is 4.36. The fraction of sp³-hybridized carbons (Fsp3) is 0.389. The average Bonchev–Trinajstić information content (AvgIpc) is 3.24.